The molecule has 2 aliphatic carbocycles. The van der Waals surface area contributed by atoms with Gasteiger partial charge >= 0.3 is 6.03 Å². The smallest absolute Gasteiger partial charge is 0.332 e. The van der Waals surface area contributed by atoms with Gasteiger partial charge in [0, 0.05) is 5.69 Å². The van der Waals surface area contributed by atoms with Gasteiger partial charge in [0.05, 0.1) is 13.2 Å². The Morgan fingerprint density at radius 2 is 1.79 bits per heavy atom. The van der Waals surface area contributed by atoms with Crippen molar-refractivity contribution in [3.63, 3.8) is 0 Å². The molecule has 8 nitrogen and oxygen atoms in total. The van der Waals surface area contributed by atoms with E-state index in [1.807, 2.05) is 0 Å². The largest absolute Gasteiger partial charge is 0.353 e. The van der Waals surface area contributed by atoms with Crippen LogP contribution >= 0.6 is 0 Å². The number of carbonyl (C=O) groups is 1. The third-order valence-electron chi connectivity index (χ3n) is 5.58. The van der Waals surface area contributed by atoms with Crippen LogP contribution in [0.25, 0.3) is 0 Å². The molecule has 1 aromatic carbocycles. The van der Waals surface area contributed by atoms with E-state index in [-0.39, 0.29) is 6.54 Å². The second kappa shape index (κ2) is 8.95. The zero-order valence-electron chi connectivity index (χ0n) is 16.9. The van der Waals surface area contributed by atoms with Gasteiger partial charge in [-0.15, -0.1) is 0 Å². The van der Waals surface area contributed by atoms with Gasteiger partial charge in [-0.05, 0) is 74.8 Å². The van der Waals surface area contributed by atoms with Crippen LogP contribution in [-0.4, -0.2) is 46.3 Å². The van der Waals surface area contributed by atoms with Crippen molar-refractivity contribution in [2.45, 2.75) is 50.4 Å². The Bertz CT molecular complexity index is 835. The average molecular weight is 429 g/mol. The van der Waals surface area contributed by atoms with E-state index in [4.69, 9.17) is 4.74 Å². The number of hydrogen-bond acceptors (Lipinski definition) is 6. The lowest BCUT2D eigenvalue weighted by Crippen LogP contribution is -2.56. The highest BCUT2D eigenvalue weighted by molar-refractivity contribution is 7.91. The SMILES string of the molecule is CNNCC(C)(OCCF)S(=O)(=O)NC(=O)Nc1c2c(cc3c1CCC3)CCC2. The summed E-state index contributed by atoms with van der Waals surface area (Å²) < 4.78 is 45.6. The highest BCUT2D eigenvalue weighted by Crippen LogP contribution is 2.38. The summed E-state index contributed by atoms with van der Waals surface area (Å²) in [5.74, 6) is 0. The Balaban J connectivity index is 1.80. The monoisotopic (exact) mass is 428 g/mol. The molecule has 1 unspecified atom stereocenters. The van der Waals surface area contributed by atoms with Crippen LogP contribution in [-0.2, 0) is 40.4 Å². The third kappa shape index (κ3) is 4.55. The van der Waals surface area contributed by atoms with Crippen molar-refractivity contribution in [3.05, 3.63) is 28.3 Å². The summed E-state index contributed by atoms with van der Waals surface area (Å²) in [4.78, 5) is 10.8. The van der Waals surface area contributed by atoms with Crippen LogP contribution in [0.15, 0.2) is 6.07 Å². The molecule has 0 fully saturated rings. The van der Waals surface area contributed by atoms with Crippen LogP contribution in [0.4, 0.5) is 14.9 Å². The van der Waals surface area contributed by atoms with Crippen LogP contribution in [0, 0.1) is 0 Å². The maximum Gasteiger partial charge on any atom is 0.332 e. The Kier molecular flexibility index (Phi) is 6.77. The Labute approximate surface area is 171 Å². The van der Waals surface area contributed by atoms with Crippen LogP contribution in [0.3, 0.4) is 0 Å². The van der Waals surface area contributed by atoms with Gasteiger partial charge in [0.1, 0.15) is 6.67 Å². The van der Waals surface area contributed by atoms with Crippen LogP contribution in [0.5, 0.6) is 0 Å². The molecular weight excluding hydrogens is 399 g/mol. The standard InChI is InChI=1S/C19H29FN4O4S/c1-19(12-22-21-2,28-10-9-20)29(26,27)24-18(25)23-17-15-7-3-5-13(15)11-14-6-4-8-16(14)17/h11,21-22H,3-10,12H2,1-2H3,(H2,23,24,25). The molecule has 4 N–H and O–H groups in total. The van der Waals surface area contributed by atoms with Crippen molar-refractivity contribution in [1.82, 2.24) is 15.6 Å². The van der Waals surface area contributed by atoms with E-state index >= 15 is 0 Å². The number of urea groups is 1. The first-order valence-electron chi connectivity index (χ1n) is 9.90. The van der Waals surface area contributed by atoms with E-state index in [0.717, 1.165) is 55.3 Å². The van der Waals surface area contributed by atoms with E-state index in [2.05, 4.69) is 27.0 Å². The van der Waals surface area contributed by atoms with E-state index in [0.29, 0.717) is 0 Å². The molecule has 0 saturated carbocycles. The number of carbonyl (C=O) groups excluding carboxylic acids is 1. The number of hydrogen-bond donors (Lipinski definition) is 4. The highest BCUT2D eigenvalue weighted by Gasteiger charge is 2.41. The van der Waals surface area contributed by atoms with E-state index in [1.165, 1.54) is 18.1 Å². The van der Waals surface area contributed by atoms with Gasteiger partial charge in [0.2, 0.25) is 0 Å². The maximum absolute atomic E-state index is 12.8. The zero-order chi connectivity index (χ0) is 21.1. The second-order valence-electron chi connectivity index (χ2n) is 7.57. The minimum absolute atomic E-state index is 0.178. The fraction of sp³-hybridized carbons (Fsp3) is 0.632. The fourth-order valence-electron chi connectivity index (χ4n) is 4.06. The number of amides is 2. The number of benzene rings is 1. The summed E-state index contributed by atoms with van der Waals surface area (Å²) in [5, 5.41) is 2.79. The molecule has 29 heavy (non-hydrogen) atoms. The highest BCUT2D eigenvalue weighted by atomic mass is 32.2. The van der Waals surface area contributed by atoms with Gasteiger partial charge in [-0.2, -0.15) is 0 Å². The van der Waals surface area contributed by atoms with Gasteiger partial charge in [-0.1, -0.05) is 6.07 Å². The Morgan fingerprint density at radius 1 is 1.17 bits per heavy atom. The number of halogens is 1. The number of nitrogens with one attached hydrogen (secondary N) is 4. The maximum atomic E-state index is 12.8. The molecular formula is C19H29FN4O4S. The lowest BCUT2D eigenvalue weighted by atomic mass is 9.99. The molecule has 1 atom stereocenters. The number of alkyl halides is 1. The normalized spacial score (nSPS) is 17.5. The summed E-state index contributed by atoms with van der Waals surface area (Å²) in [5.41, 5.74) is 10.7. The lowest BCUT2D eigenvalue weighted by Gasteiger charge is -2.29. The van der Waals surface area contributed by atoms with E-state index < -0.39 is 34.3 Å². The van der Waals surface area contributed by atoms with Crippen LogP contribution < -0.4 is 20.9 Å². The van der Waals surface area contributed by atoms with E-state index in [9.17, 15) is 17.6 Å². The molecule has 0 radical (unpaired) electrons. The summed E-state index contributed by atoms with van der Waals surface area (Å²) in [6.45, 7) is -0.119. The fourth-order valence-corrected chi connectivity index (χ4v) is 5.07. The molecule has 0 spiro atoms. The molecule has 10 heteroatoms. The van der Waals surface area contributed by atoms with Crippen molar-refractivity contribution in [1.29, 1.82) is 0 Å². The van der Waals surface area contributed by atoms with Crippen molar-refractivity contribution in [2.75, 3.05) is 32.2 Å². The number of ether oxygens (including phenoxy) is 1. The molecule has 0 saturated heterocycles. The Morgan fingerprint density at radius 3 is 2.34 bits per heavy atom. The summed E-state index contributed by atoms with van der Waals surface area (Å²) >= 11 is 0. The first-order valence-corrected chi connectivity index (χ1v) is 11.4. The summed E-state index contributed by atoms with van der Waals surface area (Å²) in [6.07, 6.45) is 5.74. The van der Waals surface area contributed by atoms with Gasteiger partial charge in [0.15, 0.2) is 4.93 Å². The topological polar surface area (TPSA) is 109 Å². The van der Waals surface area contributed by atoms with Crippen molar-refractivity contribution < 1.29 is 22.3 Å². The molecule has 0 heterocycles. The lowest BCUT2D eigenvalue weighted by molar-refractivity contribution is 0.0213. The van der Waals surface area contributed by atoms with Gasteiger partial charge < -0.3 is 10.1 Å². The van der Waals surface area contributed by atoms with Gasteiger partial charge in [0.25, 0.3) is 10.0 Å². The molecule has 0 aliphatic heterocycles. The first kappa shape index (κ1) is 21.9. The minimum Gasteiger partial charge on any atom is -0.353 e. The van der Waals surface area contributed by atoms with Crippen LogP contribution in [0.2, 0.25) is 0 Å². The number of fused-ring (bicyclic) bond motifs is 2. The molecule has 1 aromatic rings. The minimum atomic E-state index is -4.27. The molecule has 2 aliphatic rings. The quantitative estimate of drug-likeness (QED) is 0.445. The van der Waals surface area contributed by atoms with Gasteiger partial charge in [-0.25, -0.2) is 22.3 Å². The van der Waals surface area contributed by atoms with Crippen LogP contribution in [0.1, 0.15) is 42.0 Å². The number of sulfonamides is 1. The van der Waals surface area contributed by atoms with Crippen molar-refractivity contribution in [2.24, 2.45) is 0 Å². The summed E-state index contributed by atoms with van der Waals surface area (Å²) in [7, 11) is -2.70. The molecule has 3 rings (SSSR count). The number of rotatable bonds is 9. The first-order chi connectivity index (χ1) is 13.8. The second-order valence-corrected chi connectivity index (χ2v) is 9.64. The average Bonchev–Trinajstić information content (AvgIpc) is 3.33. The zero-order valence-corrected chi connectivity index (χ0v) is 17.7. The van der Waals surface area contributed by atoms with Crippen molar-refractivity contribution >= 4 is 21.7 Å². The summed E-state index contributed by atoms with van der Waals surface area (Å²) in [6, 6.07) is 1.40. The molecule has 162 valence electrons. The molecule has 0 bridgehead atoms. The number of aryl methyl sites for hydroxylation is 2. The van der Waals surface area contributed by atoms with Crippen molar-refractivity contribution in [3.8, 4) is 0 Å². The molecule has 0 aromatic heterocycles. The number of anilines is 1. The van der Waals surface area contributed by atoms with Gasteiger partial charge in [-0.3, -0.25) is 10.9 Å². The number of hydrazine groups is 1. The Hall–Kier alpha value is -1.75. The predicted molar refractivity (Wildman–Crippen MR) is 109 cm³/mol. The predicted octanol–water partition coefficient (Wildman–Crippen LogP) is 1.54. The van der Waals surface area contributed by atoms with E-state index in [1.54, 1.807) is 7.05 Å². The molecule has 2 amide bonds. The third-order valence-corrected chi connectivity index (χ3v) is 7.43.